The third kappa shape index (κ3) is 5.14. The molecule has 3 aromatic rings. The Morgan fingerprint density at radius 2 is 1.86 bits per heavy atom. The first kappa shape index (κ1) is 25.4. The van der Waals surface area contributed by atoms with Crippen molar-refractivity contribution in [2.75, 3.05) is 41.8 Å². The Hall–Kier alpha value is -3.21. The van der Waals surface area contributed by atoms with Gasteiger partial charge < -0.3 is 20.3 Å². The molecule has 1 unspecified atom stereocenters. The van der Waals surface area contributed by atoms with Crippen molar-refractivity contribution in [3.8, 4) is 0 Å². The van der Waals surface area contributed by atoms with Gasteiger partial charge in [0.1, 0.15) is 11.9 Å². The summed E-state index contributed by atoms with van der Waals surface area (Å²) in [6.07, 6.45) is -4.66. The number of benzene rings is 2. The molecule has 2 aromatic carbocycles. The molecule has 0 radical (unpaired) electrons. The molecule has 1 atom stereocenters. The van der Waals surface area contributed by atoms with E-state index in [2.05, 4.69) is 20.6 Å². The lowest BCUT2D eigenvalue weighted by atomic mass is 9.94. The smallest absolute Gasteiger partial charge is 0.378 e. The number of alkyl halides is 3. The van der Waals surface area contributed by atoms with Crippen LogP contribution in [0.3, 0.4) is 0 Å². The summed E-state index contributed by atoms with van der Waals surface area (Å²) in [5, 5.41) is 10.1. The summed E-state index contributed by atoms with van der Waals surface area (Å²) >= 11 is 12.3. The highest BCUT2D eigenvalue weighted by molar-refractivity contribution is 6.42. The zero-order valence-electron chi connectivity index (χ0n) is 19.6. The zero-order chi connectivity index (χ0) is 26.3. The topological polar surface area (TPSA) is 71.4 Å². The summed E-state index contributed by atoms with van der Waals surface area (Å²) in [5.41, 5.74) is 1.44. The number of carbonyl (C=O) groups is 1. The van der Waals surface area contributed by atoms with Crippen LogP contribution in [0.15, 0.2) is 59.8 Å². The van der Waals surface area contributed by atoms with Crippen LogP contribution in [0.2, 0.25) is 10.0 Å². The lowest BCUT2D eigenvalue weighted by Gasteiger charge is -2.30. The number of rotatable bonds is 4. The molecular weight excluding hydrogens is 530 g/mol. The molecule has 12 heteroatoms. The van der Waals surface area contributed by atoms with E-state index in [-0.39, 0.29) is 21.4 Å². The van der Waals surface area contributed by atoms with Crippen molar-refractivity contribution < 1.29 is 22.7 Å². The molecule has 2 N–H and O–H groups in total. The van der Waals surface area contributed by atoms with Crippen LogP contribution < -0.4 is 15.5 Å². The molecular formula is C25H22Cl2F3N5O2. The van der Waals surface area contributed by atoms with Gasteiger partial charge >= 0.3 is 6.18 Å². The lowest BCUT2D eigenvalue weighted by Crippen LogP contribution is -2.36. The van der Waals surface area contributed by atoms with E-state index >= 15 is 0 Å². The summed E-state index contributed by atoms with van der Waals surface area (Å²) in [6.45, 7) is 4.33. The van der Waals surface area contributed by atoms with Gasteiger partial charge in [0.15, 0.2) is 5.69 Å². The second-order valence-electron chi connectivity index (χ2n) is 8.70. The Balaban J connectivity index is 1.52. The van der Waals surface area contributed by atoms with Gasteiger partial charge in [-0.1, -0.05) is 35.3 Å². The molecule has 2 aliphatic rings. The first-order valence-electron chi connectivity index (χ1n) is 11.5. The second kappa shape index (κ2) is 9.92. The van der Waals surface area contributed by atoms with Crippen molar-refractivity contribution in [1.29, 1.82) is 0 Å². The van der Waals surface area contributed by atoms with Crippen LogP contribution in [0.1, 0.15) is 24.2 Å². The van der Waals surface area contributed by atoms with Gasteiger partial charge in [0, 0.05) is 36.2 Å². The van der Waals surface area contributed by atoms with Crippen LogP contribution in [-0.4, -0.2) is 42.0 Å². The molecule has 1 saturated heterocycles. The fourth-order valence-electron chi connectivity index (χ4n) is 4.50. The van der Waals surface area contributed by atoms with E-state index in [1.165, 1.54) is 12.1 Å². The zero-order valence-corrected chi connectivity index (χ0v) is 21.1. The second-order valence-corrected chi connectivity index (χ2v) is 9.52. The first-order valence-corrected chi connectivity index (χ1v) is 12.2. The molecule has 1 aromatic heterocycles. The highest BCUT2D eigenvalue weighted by Crippen LogP contribution is 2.41. The molecule has 7 nitrogen and oxygen atoms in total. The van der Waals surface area contributed by atoms with Crippen molar-refractivity contribution >= 4 is 46.3 Å². The van der Waals surface area contributed by atoms with E-state index in [4.69, 9.17) is 27.9 Å². The van der Waals surface area contributed by atoms with Crippen LogP contribution in [-0.2, 0) is 15.7 Å². The predicted octanol–water partition coefficient (Wildman–Crippen LogP) is 5.97. The number of nitrogens with zero attached hydrogens (tertiary/aromatic N) is 3. The quantitative estimate of drug-likeness (QED) is 0.417. The average Bonchev–Trinajstić information content (AvgIpc) is 3.30. The van der Waals surface area contributed by atoms with Crippen LogP contribution in [0, 0.1) is 0 Å². The van der Waals surface area contributed by atoms with Crippen LogP contribution in [0.4, 0.5) is 30.4 Å². The fourth-order valence-corrected chi connectivity index (χ4v) is 4.80. The molecule has 1 fully saturated rings. The number of nitrogens with one attached hydrogen (secondary N) is 2. The van der Waals surface area contributed by atoms with Crippen LogP contribution >= 0.6 is 23.2 Å². The maximum Gasteiger partial charge on any atom is 0.435 e. The van der Waals surface area contributed by atoms with E-state index in [0.717, 1.165) is 29.5 Å². The highest BCUT2D eigenvalue weighted by Gasteiger charge is 2.39. The Morgan fingerprint density at radius 3 is 2.57 bits per heavy atom. The molecule has 0 saturated carbocycles. The van der Waals surface area contributed by atoms with Gasteiger partial charge in [-0.15, -0.1) is 0 Å². The Morgan fingerprint density at radius 1 is 1.11 bits per heavy atom. The number of morpholine rings is 1. The molecule has 194 valence electrons. The van der Waals surface area contributed by atoms with Gasteiger partial charge in [-0.3, -0.25) is 4.79 Å². The minimum absolute atomic E-state index is 0.103. The number of amides is 1. The van der Waals surface area contributed by atoms with Crippen molar-refractivity contribution in [2.45, 2.75) is 19.1 Å². The third-order valence-corrected chi connectivity index (χ3v) is 6.99. The number of hydrogen-bond donors (Lipinski definition) is 2. The van der Waals surface area contributed by atoms with E-state index in [1.54, 1.807) is 19.1 Å². The van der Waals surface area contributed by atoms with Gasteiger partial charge in [-0.05, 0) is 42.8 Å². The Bertz CT molecular complexity index is 1380. The Labute approximate surface area is 220 Å². The average molecular weight is 552 g/mol. The number of fused-ring (bicyclic) bond motifs is 1. The SMILES string of the molecule is CC1=C(C(=O)Nc2cccc(N3CCOCC3)c2)C(c2ccc(Cl)c(Cl)c2)n2nc(C(F)(F)F)cc2N1. The van der Waals surface area contributed by atoms with Crippen LogP contribution in [0.25, 0.3) is 0 Å². The molecule has 2 aliphatic heterocycles. The largest absolute Gasteiger partial charge is 0.435 e. The van der Waals surface area contributed by atoms with Gasteiger partial charge in [0.05, 0.1) is 28.8 Å². The Kier molecular flexibility index (Phi) is 6.82. The molecule has 1 amide bonds. The summed E-state index contributed by atoms with van der Waals surface area (Å²) in [5.74, 6) is -0.387. The minimum atomic E-state index is -4.66. The summed E-state index contributed by atoms with van der Waals surface area (Å²) < 4.78 is 47.1. The predicted molar refractivity (Wildman–Crippen MR) is 136 cm³/mol. The fraction of sp³-hybridized carbons (Fsp3) is 0.280. The minimum Gasteiger partial charge on any atom is -0.378 e. The standard InChI is InChI=1S/C25H22Cl2F3N5O2/c1-14-22(24(36)32-16-3-2-4-17(12-16)34-7-9-37-10-8-34)23(15-5-6-18(26)19(27)11-15)35-21(31-14)13-20(33-35)25(28,29)30/h2-6,11-13,23,31H,7-10H2,1H3,(H,32,36). The van der Waals surface area contributed by atoms with E-state index in [9.17, 15) is 18.0 Å². The number of hydrogen-bond acceptors (Lipinski definition) is 5. The number of anilines is 3. The van der Waals surface area contributed by atoms with Gasteiger partial charge in [0.2, 0.25) is 0 Å². The number of ether oxygens (including phenoxy) is 1. The van der Waals surface area contributed by atoms with E-state index in [1.807, 2.05) is 18.2 Å². The molecule has 37 heavy (non-hydrogen) atoms. The summed E-state index contributed by atoms with van der Waals surface area (Å²) in [6, 6.07) is 12.0. The summed E-state index contributed by atoms with van der Waals surface area (Å²) in [7, 11) is 0. The number of halogens is 5. The maximum atomic E-state index is 13.6. The number of carbonyl (C=O) groups excluding carboxylic acids is 1. The normalized spacial score (nSPS) is 17.9. The van der Waals surface area contributed by atoms with Crippen molar-refractivity contribution in [2.24, 2.45) is 0 Å². The summed E-state index contributed by atoms with van der Waals surface area (Å²) in [4.78, 5) is 15.8. The van der Waals surface area contributed by atoms with Gasteiger partial charge in [-0.2, -0.15) is 18.3 Å². The molecule has 0 spiro atoms. The lowest BCUT2D eigenvalue weighted by molar-refractivity contribution is -0.141. The first-order chi connectivity index (χ1) is 17.6. The molecule has 0 aliphatic carbocycles. The molecule has 5 rings (SSSR count). The number of aromatic nitrogens is 2. The van der Waals surface area contributed by atoms with Gasteiger partial charge in [-0.25, -0.2) is 4.68 Å². The van der Waals surface area contributed by atoms with E-state index in [0.29, 0.717) is 30.2 Å². The monoisotopic (exact) mass is 551 g/mol. The number of allylic oxidation sites excluding steroid dienone is 1. The maximum absolute atomic E-state index is 13.6. The van der Waals surface area contributed by atoms with Gasteiger partial charge in [0.25, 0.3) is 5.91 Å². The van der Waals surface area contributed by atoms with Crippen molar-refractivity contribution in [1.82, 2.24) is 9.78 Å². The van der Waals surface area contributed by atoms with Crippen molar-refractivity contribution in [3.05, 3.63) is 81.1 Å². The molecule has 3 heterocycles. The molecule has 0 bridgehead atoms. The third-order valence-electron chi connectivity index (χ3n) is 6.25. The van der Waals surface area contributed by atoms with Crippen LogP contribution in [0.5, 0.6) is 0 Å². The van der Waals surface area contributed by atoms with E-state index < -0.39 is 23.8 Å². The highest BCUT2D eigenvalue weighted by atomic mass is 35.5. The van der Waals surface area contributed by atoms with Crippen molar-refractivity contribution in [3.63, 3.8) is 0 Å².